The van der Waals surface area contributed by atoms with Gasteiger partial charge in [-0.1, -0.05) is 5.16 Å². The number of hydrogen-bond acceptors (Lipinski definition) is 13. The first kappa shape index (κ1) is 27.9. The molecule has 38 heavy (non-hydrogen) atoms. The Hall–Kier alpha value is -3.17. The molecule has 0 aliphatic carbocycles. The van der Waals surface area contributed by atoms with Crippen LogP contribution in [0.1, 0.15) is 39.3 Å². The van der Waals surface area contributed by atoms with E-state index in [2.05, 4.69) is 15.5 Å². The molecule has 1 aromatic rings. The van der Waals surface area contributed by atoms with Crippen LogP contribution >= 0.6 is 23.1 Å². The predicted molar refractivity (Wildman–Crippen MR) is 138 cm³/mol. The Labute approximate surface area is 227 Å². The van der Waals surface area contributed by atoms with E-state index in [1.165, 1.54) is 23.8 Å². The number of β-lactam (4-membered cyclic amide) rings is 1. The number of carbonyl (C=O) groups is 4. The highest BCUT2D eigenvalue weighted by molar-refractivity contribution is 8.00. The second-order valence-electron chi connectivity index (χ2n) is 9.66. The van der Waals surface area contributed by atoms with Crippen LogP contribution < -0.4 is 11.1 Å². The number of carbonyl (C=O) groups excluding carboxylic acids is 4. The van der Waals surface area contributed by atoms with Crippen LogP contribution in [0.5, 0.6) is 0 Å². The number of anilines is 1. The predicted octanol–water partition coefficient (Wildman–Crippen LogP) is 0.999. The number of amides is 2. The fourth-order valence-corrected chi connectivity index (χ4v) is 6.01. The minimum absolute atomic E-state index is 0.0565. The van der Waals surface area contributed by atoms with Crippen molar-refractivity contribution in [1.82, 2.24) is 15.2 Å². The van der Waals surface area contributed by atoms with Gasteiger partial charge >= 0.3 is 11.9 Å². The monoisotopic (exact) mass is 567 g/mol. The second-order valence-corrected chi connectivity index (χ2v) is 11.7. The van der Waals surface area contributed by atoms with Crippen LogP contribution in [0.25, 0.3) is 0 Å². The van der Waals surface area contributed by atoms with Crippen molar-refractivity contribution in [1.29, 1.82) is 0 Å². The van der Waals surface area contributed by atoms with Crippen LogP contribution in [0.15, 0.2) is 21.8 Å². The Bertz CT molecular complexity index is 1180. The van der Waals surface area contributed by atoms with Gasteiger partial charge in [-0.05, 0) is 39.2 Å². The van der Waals surface area contributed by atoms with Gasteiger partial charge < -0.3 is 30.1 Å². The number of nitrogens with two attached hydrogens (primary N) is 1. The summed E-state index contributed by atoms with van der Waals surface area (Å²) in [4.78, 5) is 61.6. The molecule has 0 spiro atoms. The maximum absolute atomic E-state index is 13.3. The third-order valence-electron chi connectivity index (χ3n) is 5.95. The third-order valence-corrected chi connectivity index (χ3v) is 7.93. The average molecular weight is 568 g/mol. The van der Waals surface area contributed by atoms with Crippen LogP contribution in [0.3, 0.4) is 0 Å². The van der Waals surface area contributed by atoms with Crippen molar-refractivity contribution in [3.05, 3.63) is 22.3 Å². The summed E-state index contributed by atoms with van der Waals surface area (Å²) in [5, 5.41) is 7.63. The maximum Gasteiger partial charge on any atom is 0.358 e. The van der Waals surface area contributed by atoms with Crippen molar-refractivity contribution < 1.29 is 38.2 Å². The molecule has 3 aliphatic heterocycles. The lowest BCUT2D eigenvalue weighted by molar-refractivity contribution is -0.173. The summed E-state index contributed by atoms with van der Waals surface area (Å²) in [6.45, 7) is 4.99. The number of ether oxygens (including phenoxy) is 3. The summed E-state index contributed by atoms with van der Waals surface area (Å²) in [5.74, 6) is -2.13. The van der Waals surface area contributed by atoms with Crippen molar-refractivity contribution in [2.75, 3.05) is 32.0 Å². The summed E-state index contributed by atoms with van der Waals surface area (Å²) >= 11 is 2.52. The zero-order chi connectivity index (χ0) is 27.6. The summed E-state index contributed by atoms with van der Waals surface area (Å²) in [6.07, 6.45) is 1.19. The summed E-state index contributed by atoms with van der Waals surface area (Å²) in [7, 11) is 1.28. The second kappa shape index (κ2) is 11.3. The van der Waals surface area contributed by atoms with Gasteiger partial charge in [-0.2, -0.15) is 0 Å². The number of nitrogens with one attached hydrogen (secondary N) is 1. The van der Waals surface area contributed by atoms with Crippen LogP contribution in [-0.2, 0) is 38.2 Å². The van der Waals surface area contributed by atoms with Gasteiger partial charge in [0.1, 0.15) is 29.9 Å². The number of nitrogen functional groups attached to an aromatic ring is 1. The molecule has 206 valence electrons. The lowest BCUT2D eigenvalue weighted by Gasteiger charge is -2.50. The molecule has 13 nitrogen and oxygen atoms in total. The van der Waals surface area contributed by atoms with E-state index in [0.29, 0.717) is 24.4 Å². The molecule has 0 aromatic carbocycles. The Kier molecular flexibility index (Phi) is 8.28. The van der Waals surface area contributed by atoms with Crippen molar-refractivity contribution in [2.45, 2.75) is 51.1 Å². The number of oxime groups is 1. The van der Waals surface area contributed by atoms with Crippen LogP contribution in [0.2, 0.25) is 0 Å². The molecule has 0 radical (unpaired) electrons. The first-order valence-electron chi connectivity index (χ1n) is 11.8. The van der Waals surface area contributed by atoms with Gasteiger partial charge in [0, 0.05) is 17.7 Å². The minimum Gasteiger partial charge on any atom is -0.427 e. The molecule has 2 fully saturated rings. The summed E-state index contributed by atoms with van der Waals surface area (Å²) in [6, 6.07) is -0.932. The third kappa shape index (κ3) is 5.63. The van der Waals surface area contributed by atoms with E-state index in [0.717, 1.165) is 17.8 Å². The van der Waals surface area contributed by atoms with Crippen LogP contribution in [0.4, 0.5) is 5.13 Å². The fourth-order valence-electron chi connectivity index (χ4n) is 4.05. The fraction of sp³-hybridized carbons (Fsp3) is 0.565. The van der Waals surface area contributed by atoms with Crippen LogP contribution in [-0.4, -0.2) is 83.1 Å². The molecule has 4 rings (SSSR count). The molecule has 15 heteroatoms. The van der Waals surface area contributed by atoms with Gasteiger partial charge in [-0.15, -0.1) is 23.1 Å². The molecule has 4 heterocycles. The number of fused-ring (bicyclic) bond motifs is 1. The molecular formula is C23H29N5O8S2. The Balaban J connectivity index is 1.50. The van der Waals surface area contributed by atoms with Gasteiger partial charge in [-0.3, -0.25) is 19.3 Å². The molecule has 0 bridgehead atoms. The number of rotatable bonds is 8. The minimum atomic E-state index is -0.932. The first-order chi connectivity index (χ1) is 18.0. The molecule has 2 saturated heterocycles. The molecule has 0 saturated carbocycles. The Morgan fingerprint density at radius 2 is 2.08 bits per heavy atom. The topological polar surface area (TPSA) is 172 Å². The van der Waals surface area contributed by atoms with Crippen molar-refractivity contribution in [2.24, 2.45) is 10.6 Å². The van der Waals surface area contributed by atoms with Crippen LogP contribution in [0, 0.1) is 5.41 Å². The Morgan fingerprint density at radius 1 is 1.32 bits per heavy atom. The lowest BCUT2D eigenvalue weighted by atomic mass is 9.98. The van der Waals surface area contributed by atoms with Gasteiger partial charge in [0.2, 0.25) is 6.79 Å². The largest absolute Gasteiger partial charge is 0.427 e. The molecule has 3 atom stereocenters. The van der Waals surface area contributed by atoms with Crippen molar-refractivity contribution in [3.8, 4) is 0 Å². The quantitative estimate of drug-likeness (QED) is 0.151. The molecule has 1 aromatic heterocycles. The van der Waals surface area contributed by atoms with E-state index in [9.17, 15) is 19.2 Å². The number of hydrogen-bond donors (Lipinski definition) is 2. The highest BCUT2D eigenvalue weighted by Crippen LogP contribution is 2.43. The summed E-state index contributed by atoms with van der Waals surface area (Å²) in [5.41, 5.74) is 5.67. The number of esters is 2. The maximum atomic E-state index is 13.3. The van der Waals surface area contributed by atoms with Gasteiger partial charge in [0.25, 0.3) is 11.8 Å². The number of thiazole rings is 1. The van der Waals surface area contributed by atoms with E-state index < -0.39 is 47.4 Å². The standard InChI is InChI=1S/C23H29N5O8S2/c1-23(2,3)21(32)36-10-35-20(31)16-11(13-6-5-7-34-13)8-37-19-15(18(30)28(16)19)26-17(29)14(27-33-4)12-9-38-22(24)25-12/h9,13,15,19H,5-8,10H2,1-4H3,(H2,24,25)(H,26,29)/b27-14-/t13-,15+,19+/m0/s1. The number of nitrogens with zero attached hydrogens (tertiary/aromatic N) is 3. The summed E-state index contributed by atoms with van der Waals surface area (Å²) < 4.78 is 16.1. The SMILES string of the molecule is CO/N=C(\C(=O)N[C@@H]1C(=O)N2C(C(=O)OCOC(=O)C(C)(C)C)=C([C@@H]3CCCO3)CS[C@H]12)c1csc(N)n1. The molecule has 3 N–H and O–H groups in total. The van der Waals surface area contributed by atoms with Crippen molar-refractivity contribution >= 4 is 57.7 Å². The average Bonchev–Trinajstić information content (AvgIpc) is 3.56. The first-order valence-corrected chi connectivity index (χ1v) is 13.7. The van der Waals surface area contributed by atoms with E-state index in [-0.39, 0.29) is 28.3 Å². The smallest absolute Gasteiger partial charge is 0.358 e. The zero-order valence-electron chi connectivity index (χ0n) is 21.3. The zero-order valence-corrected chi connectivity index (χ0v) is 23.0. The molecule has 2 amide bonds. The van der Waals surface area contributed by atoms with Gasteiger partial charge in [0.15, 0.2) is 10.8 Å². The number of aromatic nitrogens is 1. The van der Waals surface area contributed by atoms with Gasteiger partial charge in [-0.25, -0.2) is 9.78 Å². The molecule has 0 unspecified atom stereocenters. The molecular weight excluding hydrogens is 538 g/mol. The van der Waals surface area contributed by atoms with Crippen molar-refractivity contribution in [3.63, 3.8) is 0 Å². The lowest BCUT2D eigenvalue weighted by Crippen LogP contribution is -2.71. The van der Waals surface area contributed by atoms with E-state index in [1.807, 2.05) is 0 Å². The highest BCUT2D eigenvalue weighted by Gasteiger charge is 2.55. The van der Waals surface area contributed by atoms with E-state index in [4.69, 9.17) is 24.8 Å². The van der Waals surface area contributed by atoms with Gasteiger partial charge in [0.05, 0.1) is 11.5 Å². The Morgan fingerprint density at radius 3 is 2.68 bits per heavy atom. The van der Waals surface area contributed by atoms with E-state index in [1.54, 1.807) is 26.2 Å². The molecule has 3 aliphatic rings. The number of thioether (sulfide) groups is 1. The highest BCUT2D eigenvalue weighted by atomic mass is 32.2. The normalized spacial score (nSPS) is 23.5. The van der Waals surface area contributed by atoms with E-state index >= 15 is 0 Å².